The molecule has 0 aromatic carbocycles. The van der Waals surface area contributed by atoms with Crippen LogP contribution in [0.5, 0.6) is 0 Å². The maximum atomic E-state index is 4.58. The van der Waals surface area contributed by atoms with Crippen LogP contribution in [-0.2, 0) is 6.54 Å². The van der Waals surface area contributed by atoms with Crippen LogP contribution in [0.4, 0.5) is 0 Å². The van der Waals surface area contributed by atoms with Gasteiger partial charge in [-0.2, -0.15) is 5.10 Å². The molecule has 0 spiro atoms. The highest BCUT2D eigenvalue weighted by Gasteiger charge is 2.20. The van der Waals surface area contributed by atoms with Crippen LogP contribution in [0.25, 0.3) is 5.69 Å². The quantitative estimate of drug-likeness (QED) is 0.913. The van der Waals surface area contributed by atoms with E-state index in [-0.39, 0.29) is 0 Å². The van der Waals surface area contributed by atoms with Gasteiger partial charge in [0, 0.05) is 24.5 Å². The molecule has 19 heavy (non-hydrogen) atoms. The van der Waals surface area contributed by atoms with Crippen LogP contribution >= 0.6 is 0 Å². The van der Waals surface area contributed by atoms with Gasteiger partial charge in [0.05, 0.1) is 17.6 Å². The lowest BCUT2D eigenvalue weighted by atomic mass is 10.2. The Bertz CT molecular complexity index is 596. The van der Waals surface area contributed by atoms with E-state index in [0.29, 0.717) is 0 Å². The summed E-state index contributed by atoms with van der Waals surface area (Å²) in [6, 6.07) is 2.89. The number of rotatable bonds is 4. The first-order valence-electron chi connectivity index (χ1n) is 6.85. The molecular weight excluding hydrogens is 236 g/mol. The molecule has 0 unspecified atom stereocenters. The van der Waals surface area contributed by atoms with E-state index >= 15 is 0 Å². The van der Waals surface area contributed by atoms with Crippen LogP contribution in [0, 0.1) is 20.8 Å². The highest BCUT2D eigenvalue weighted by Crippen LogP contribution is 2.20. The molecule has 1 N–H and O–H groups in total. The molecule has 4 nitrogen and oxygen atoms in total. The van der Waals surface area contributed by atoms with Crippen molar-refractivity contribution in [1.82, 2.24) is 20.1 Å². The Hall–Kier alpha value is -1.68. The lowest BCUT2D eigenvalue weighted by molar-refractivity contribution is 0.684. The molecule has 2 heterocycles. The molecule has 100 valence electrons. The molecule has 2 aromatic heterocycles. The molecule has 0 saturated heterocycles. The van der Waals surface area contributed by atoms with Crippen LogP contribution in [0.3, 0.4) is 0 Å². The number of nitrogens with zero attached hydrogens (tertiary/aromatic N) is 3. The molecular formula is C15H20N4. The van der Waals surface area contributed by atoms with Gasteiger partial charge < -0.3 is 5.32 Å². The van der Waals surface area contributed by atoms with E-state index in [4.69, 9.17) is 0 Å². The van der Waals surface area contributed by atoms with E-state index in [1.807, 2.05) is 24.0 Å². The number of aromatic nitrogens is 3. The molecule has 1 aliphatic rings. The molecule has 0 atom stereocenters. The largest absolute Gasteiger partial charge is 0.310 e. The van der Waals surface area contributed by atoms with E-state index in [0.717, 1.165) is 24.0 Å². The van der Waals surface area contributed by atoms with Crippen molar-refractivity contribution in [1.29, 1.82) is 0 Å². The molecule has 0 aliphatic heterocycles. The lowest BCUT2D eigenvalue weighted by Crippen LogP contribution is -2.15. The Balaban J connectivity index is 1.86. The van der Waals surface area contributed by atoms with Gasteiger partial charge >= 0.3 is 0 Å². The first-order chi connectivity index (χ1) is 9.15. The SMILES string of the molecule is Cc1nn(-c2cncc(CNC3CC3)c2)c(C)c1C. The van der Waals surface area contributed by atoms with Gasteiger partial charge in [-0.05, 0) is 50.8 Å². The Morgan fingerprint density at radius 3 is 2.68 bits per heavy atom. The molecule has 1 fully saturated rings. The van der Waals surface area contributed by atoms with Crippen LogP contribution in [0.1, 0.15) is 35.4 Å². The molecule has 4 heteroatoms. The minimum atomic E-state index is 0.722. The van der Waals surface area contributed by atoms with Crippen molar-refractivity contribution in [3.05, 3.63) is 41.0 Å². The van der Waals surface area contributed by atoms with Crippen LogP contribution in [-0.4, -0.2) is 20.8 Å². The minimum Gasteiger partial charge on any atom is -0.310 e. The van der Waals surface area contributed by atoms with Crippen LogP contribution < -0.4 is 5.32 Å². The summed E-state index contributed by atoms with van der Waals surface area (Å²) in [5, 5.41) is 8.10. The maximum Gasteiger partial charge on any atom is 0.0835 e. The summed E-state index contributed by atoms with van der Waals surface area (Å²) in [5.74, 6) is 0. The van der Waals surface area contributed by atoms with E-state index in [1.165, 1.54) is 29.7 Å². The number of aryl methyl sites for hydroxylation is 1. The third-order valence-corrected chi connectivity index (χ3v) is 3.85. The number of hydrogen-bond donors (Lipinski definition) is 1. The summed E-state index contributed by atoms with van der Waals surface area (Å²) in [6.07, 6.45) is 6.42. The van der Waals surface area contributed by atoms with Gasteiger partial charge in [-0.25, -0.2) is 4.68 Å². The van der Waals surface area contributed by atoms with Crippen molar-refractivity contribution < 1.29 is 0 Å². The van der Waals surface area contributed by atoms with Crippen molar-refractivity contribution in [3.63, 3.8) is 0 Å². The van der Waals surface area contributed by atoms with Gasteiger partial charge in [0.15, 0.2) is 0 Å². The number of hydrogen-bond acceptors (Lipinski definition) is 3. The predicted octanol–water partition coefficient (Wildman–Crippen LogP) is 2.44. The lowest BCUT2D eigenvalue weighted by Gasteiger charge is -2.07. The smallest absolute Gasteiger partial charge is 0.0835 e. The zero-order chi connectivity index (χ0) is 13.4. The first kappa shape index (κ1) is 12.4. The van der Waals surface area contributed by atoms with Crippen LogP contribution in [0.15, 0.2) is 18.5 Å². The van der Waals surface area contributed by atoms with Gasteiger partial charge in [0.25, 0.3) is 0 Å². The van der Waals surface area contributed by atoms with Gasteiger partial charge in [-0.3, -0.25) is 4.98 Å². The summed E-state index contributed by atoms with van der Waals surface area (Å²) in [4.78, 5) is 4.34. The second kappa shape index (κ2) is 4.78. The van der Waals surface area contributed by atoms with Gasteiger partial charge in [-0.15, -0.1) is 0 Å². The third kappa shape index (κ3) is 2.54. The highest BCUT2D eigenvalue weighted by molar-refractivity contribution is 5.36. The maximum absolute atomic E-state index is 4.58. The fourth-order valence-electron chi connectivity index (χ4n) is 2.21. The number of pyridine rings is 1. The molecule has 0 bridgehead atoms. The normalized spacial score (nSPS) is 14.9. The summed E-state index contributed by atoms with van der Waals surface area (Å²) in [7, 11) is 0. The van der Waals surface area contributed by atoms with Crippen molar-refractivity contribution in [2.45, 2.75) is 46.2 Å². The molecule has 1 aliphatic carbocycles. The standard InChI is InChI=1S/C15H20N4/c1-10-11(2)18-19(12(10)3)15-6-13(7-16-9-15)8-17-14-4-5-14/h6-7,9,14,17H,4-5,8H2,1-3H3. The third-order valence-electron chi connectivity index (χ3n) is 3.85. The first-order valence-corrected chi connectivity index (χ1v) is 6.85. The zero-order valence-electron chi connectivity index (χ0n) is 11.8. The molecule has 0 radical (unpaired) electrons. The summed E-state index contributed by atoms with van der Waals surface area (Å²) in [6.45, 7) is 7.15. The second-order valence-corrected chi connectivity index (χ2v) is 5.41. The van der Waals surface area contributed by atoms with Crippen molar-refractivity contribution >= 4 is 0 Å². The van der Waals surface area contributed by atoms with Gasteiger partial charge in [-0.1, -0.05) is 0 Å². The Morgan fingerprint density at radius 1 is 1.26 bits per heavy atom. The zero-order valence-corrected chi connectivity index (χ0v) is 11.8. The summed E-state index contributed by atoms with van der Waals surface area (Å²) in [5.41, 5.74) is 5.78. The summed E-state index contributed by atoms with van der Waals surface area (Å²) >= 11 is 0. The van der Waals surface area contributed by atoms with E-state index < -0.39 is 0 Å². The van der Waals surface area contributed by atoms with Crippen molar-refractivity contribution in [3.8, 4) is 5.69 Å². The fraction of sp³-hybridized carbons (Fsp3) is 0.467. The second-order valence-electron chi connectivity index (χ2n) is 5.41. The number of nitrogens with one attached hydrogen (secondary N) is 1. The highest BCUT2D eigenvalue weighted by atomic mass is 15.3. The van der Waals surface area contributed by atoms with Crippen LogP contribution in [0.2, 0.25) is 0 Å². The Morgan fingerprint density at radius 2 is 2.05 bits per heavy atom. The van der Waals surface area contributed by atoms with Crippen molar-refractivity contribution in [2.75, 3.05) is 0 Å². The van der Waals surface area contributed by atoms with Gasteiger partial charge in [0.1, 0.15) is 0 Å². The van der Waals surface area contributed by atoms with E-state index in [9.17, 15) is 0 Å². The topological polar surface area (TPSA) is 42.7 Å². The average molecular weight is 256 g/mol. The molecule has 2 aromatic rings. The van der Waals surface area contributed by atoms with Gasteiger partial charge in [0.2, 0.25) is 0 Å². The predicted molar refractivity (Wildman–Crippen MR) is 75.4 cm³/mol. The molecule has 3 rings (SSSR count). The van der Waals surface area contributed by atoms with E-state index in [2.05, 4.69) is 35.3 Å². The minimum absolute atomic E-state index is 0.722. The van der Waals surface area contributed by atoms with Crippen molar-refractivity contribution in [2.24, 2.45) is 0 Å². The summed E-state index contributed by atoms with van der Waals surface area (Å²) < 4.78 is 1.98. The monoisotopic (exact) mass is 256 g/mol. The Labute approximate surface area is 113 Å². The molecule has 0 amide bonds. The average Bonchev–Trinajstić information content (AvgIpc) is 3.21. The Kier molecular flexibility index (Phi) is 3.11. The fourth-order valence-corrected chi connectivity index (χ4v) is 2.21. The van der Waals surface area contributed by atoms with E-state index in [1.54, 1.807) is 0 Å². The molecule has 1 saturated carbocycles.